The summed E-state index contributed by atoms with van der Waals surface area (Å²) in [4.78, 5) is 13.0. The number of pyridine rings is 1. The molecule has 1 aromatic carbocycles. The largest absolute Gasteiger partial charge is 0.506 e. The van der Waals surface area contributed by atoms with Crippen LogP contribution >= 0.6 is 0 Å². The Morgan fingerprint density at radius 1 is 1.19 bits per heavy atom. The molecule has 2 heterocycles. The molecule has 7 heteroatoms. The zero-order chi connectivity index (χ0) is 18.4. The molecule has 3 rings (SSSR count). The monoisotopic (exact) mass is 355 g/mol. The second kappa shape index (κ2) is 8.42. The molecule has 138 valence electrons. The van der Waals surface area contributed by atoms with Crippen LogP contribution in [0, 0.1) is 0 Å². The molecule has 0 saturated carbocycles. The van der Waals surface area contributed by atoms with Crippen LogP contribution in [-0.2, 0) is 6.54 Å². The Kier molecular flexibility index (Phi) is 5.78. The van der Waals surface area contributed by atoms with Crippen LogP contribution in [0.3, 0.4) is 0 Å². The smallest absolute Gasteiger partial charge is 0.218 e. The van der Waals surface area contributed by atoms with Crippen LogP contribution in [0.2, 0.25) is 0 Å². The van der Waals surface area contributed by atoms with Gasteiger partial charge in [-0.1, -0.05) is 18.2 Å². The molecule has 0 unspecified atom stereocenters. The quantitative estimate of drug-likeness (QED) is 0.642. The number of rotatable bonds is 4. The number of phenols is 1. The number of ether oxygens (including phenoxy) is 1. The van der Waals surface area contributed by atoms with Gasteiger partial charge in [-0.15, -0.1) is 0 Å². The second-order valence-electron chi connectivity index (χ2n) is 6.04. The molecule has 0 amide bonds. The SMILES string of the molecule is CN=C(NCc1cccnc1OC)N1CCN(c2ccccc2O)CC1. The van der Waals surface area contributed by atoms with Gasteiger partial charge in [-0.2, -0.15) is 0 Å². The molecule has 1 saturated heterocycles. The molecule has 26 heavy (non-hydrogen) atoms. The first-order valence-corrected chi connectivity index (χ1v) is 8.69. The van der Waals surface area contributed by atoms with Crippen molar-refractivity contribution in [1.29, 1.82) is 0 Å². The number of anilines is 1. The standard InChI is InChI=1S/C19H25N5O2/c1-20-19(22-14-15-6-5-9-21-18(15)26-2)24-12-10-23(11-13-24)16-7-3-4-8-17(16)25/h3-9,25H,10-14H2,1-2H3,(H,20,22). The highest BCUT2D eigenvalue weighted by Crippen LogP contribution is 2.27. The van der Waals surface area contributed by atoms with E-state index in [1.54, 1.807) is 26.4 Å². The molecule has 1 aromatic heterocycles. The van der Waals surface area contributed by atoms with Crippen LogP contribution in [0.1, 0.15) is 5.56 Å². The van der Waals surface area contributed by atoms with Crippen LogP contribution in [0.5, 0.6) is 11.6 Å². The summed E-state index contributed by atoms with van der Waals surface area (Å²) in [5, 5.41) is 13.4. The highest BCUT2D eigenvalue weighted by atomic mass is 16.5. The minimum atomic E-state index is 0.326. The molecule has 1 fully saturated rings. The third-order valence-electron chi connectivity index (χ3n) is 4.49. The molecule has 7 nitrogen and oxygen atoms in total. The third-order valence-corrected chi connectivity index (χ3v) is 4.49. The van der Waals surface area contributed by atoms with Gasteiger partial charge < -0.3 is 25.0 Å². The summed E-state index contributed by atoms with van der Waals surface area (Å²) in [5.74, 6) is 1.81. The molecule has 0 radical (unpaired) electrons. The summed E-state index contributed by atoms with van der Waals surface area (Å²) >= 11 is 0. The summed E-state index contributed by atoms with van der Waals surface area (Å²) in [5.41, 5.74) is 1.87. The van der Waals surface area contributed by atoms with Gasteiger partial charge in [0, 0.05) is 51.5 Å². The van der Waals surface area contributed by atoms with Crippen LogP contribution in [0.15, 0.2) is 47.6 Å². The van der Waals surface area contributed by atoms with Gasteiger partial charge in [-0.3, -0.25) is 4.99 Å². The number of hydrogen-bond acceptors (Lipinski definition) is 5. The van der Waals surface area contributed by atoms with E-state index < -0.39 is 0 Å². The van der Waals surface area contributed by atoms with Crippen molar-refractivity contribution in [3.63, 3.8) is 0 Å². The molecular weight excluding hydrogens is 330 g/mol. The van der Waals surface area contributed by atoms with Crippen molar-refractivity contribution in [2.75, 3.05) is 45.2 Å². The number of methoxy groups -OCH3 is 1. The van der Waals surface area contributed by atoms with Crippen molar-refractivity contribution in [3.05, 3.63) is 48.2 Å². The van der Waals surface area contributed by atoms with E-state index in [1.807, 2.05) is 30.3 Å². The van der Waals surface area contributed by atoms with Gasteiger partial charge in [0.05, 0.1) is 12.8 Å². The van der Waals surface area contributed by atoms with E-state index in [4.69, 9.17) is 4.74 Å². The number of benzene rings is 1. The fourth-order valence-electron chi connectivity index (χ4n) is 3.14. The maximum Gasteiger partial charge on any atom is 0.218 e. The third kappa shape index (κ3) is 3.99. The summed E-state index contributed by atoms with van der Waals surface area (Å²) in [6, 6.07) is 11.3. The zero-order valence-electron chi connectivity index (χ0n) is 15.2. The van der Waals surface area contributed by atoms with Gasteiger partial charge in [0.15, 0.2) is 5.96 Å². The molecule has 2 aromatic rings. The number of phenolic OH excluding ortho intramolecular Hbond substituents is 1. The van der Waals surface area contributed by atoms with E-state index in [9.17, 15) is 5.11 Å². The highest BCUT2D eigenvalue weighted by Gasteiger charge is 2.21. The lowest BCUT2D eigenvalue weighted by Gasteiger charge is -2.37. The van der Waals surface area contributed by atoms with Gasteiger partial charge in [-0.25, -0.2) is 4.98 Å². The van der Waals surface area contributed by atoms with Crippen LogP contribution in [0.25, 0.3) is 0 Å². The molecule has 0 atom stereocenters. The van der Waals surface area contributed by atoms with Gasteiger partial charge in [-0.05, 0) is 18.2 Å². The first-order chi connectivity index (χ1) is 12.7. The van der Waals surface area contributed by atoms with E-state index in [0.717, 1.165) is 43.4 Å². The van der Waals surface area contributed by atoms with Crippen molar-refractivity contribution in [3.8, 4) is 11.6 Å². The summed E-state index contributed by atoms with van der Waals surface area (Å²) in [7, 11) is 3.41. The second-order valence-corrected chi connectivity index (χ2v) is 6.04. The van der Waals surface area contributed by atoms with Gasteiger partial charge >= 0.3 is 0 Å². The Hall–Kier alpha value is -2.96. The van der Waals surface area contributed by atoms with Crippen molar-refractivity contribution in [2.45, 2.75) is 6.54 Å². The fourth-order valence-corrected chi connectivity index (χ4v) is 3.14. The van der Waals surface area contributed by atoms with Crippen LogP contribution in [0.4, 0.5) is 5.69 Å². The zero-order valence-corrected chi connectivity index (χ0v) is 15.2. The molecule has 1 aliphatic heterocycles. The van der Waals surface area contributed by atoms with E-state index in [-0.39, 0.29) is 0 Å². The average molecular weight is 355 g/mol. The number of aliphatic imine (C=N–C) groups is 1. The minimum absolute atomic E-state index is 0.326. The number of guanidine groups is 1. The number of nitrogens with zero attached hydrogens (tertiary/aromatic N) is 4. The maximum absolute atomic E-state index is 10.0. The summed E-state index contributed by atoms with van der Waals surface area (Å²) < 4.78 is 5.30. The molecule has 0 bridgehead atoms. The van der Waals surface area contributed by atoms with Gasteiger partial charge in [0.2, 0.25) is 5.88 Å². The van der Waals surface area contributed by atoms with Crippen molar-refractivity contribution in [1.82, 2.24) is 15.2 Å². The van der Waals surface area contributed by atoms with Crippen molar-refractivity contribution in [2.24, 2.45) is 4.99 Å². The number of piperazine rings is 1. The molecule has 1 aliphatic rings. The van der Waals surface area contributed by atoms with Crippen LogP contribution in [-0.4, -0.2) is 61.3 Å². The Morgan fingerprint density at radius 3 is 2.65 bits per heavy atom. The van der Waals surface area contributed by atoms with Gasteiger partial charge in [0.25, 0.3) is 0 Å². The maximum atomic E-state index is 10.0. The number of hydrogen-bond donors (Lipinski definition) is 2. The highest BCUT2D eigenvalue weighted by molar-refractivity contribution is 5.80. The lowest BCUT2D eigenvalue weighted by molar-refractivity contribution is 0.367. The first-order valence-electron chi connectivity index (χ1n) is 8.69. The minimum Gasteiger partial charge on any atom is -0.506 e. The average Bonchev–Trinajstić information content (AvgIpc) is 2.70. The molecule has 0 aliphatic carbocycles. The number of para-hydroxylation sites is 2. The molecule has 0 spiro atoms. The molecular formula is C19H25N5O2. The molecule has 2 N–H and O–H groups in total. The van der Waals surface area contributed by atoms with E-state index in [2.05, 4.69) is 25.1 Å². The van der Waals surface area contributed by atoms with Crippen molar-refractivity contribution >= 4 is 11.6 Å². The normalized spacial score (nSPS) is 15.1. The predicted octanol–water partition coefficient (Wildman–Crippen LogP) is 1.69. The lowest BCUT2D eigenvalue weighted by atomic mass is 10.2. The van der Waals surface area contributed by atoms with E-state index in [0.29, 0.717) is 18.2 Å². The number of aromatic hydroxyl groups is 1. The predicted molar refractivity (Wildman–Crippen MR) is 103 cm³/mol. The van der Waals surface area contributed by atoms with Gasteiger partial charge in [0.1, 0.15) is 5.75 Å². The van der Waals surface area contributed by atoms with E-state index in [1.165, 1.54) is 0 Å². The van der Waals surface area contributed by atoms with Crippen LogP contribution < -0.4 is 15.0 Å². The summed E-state index contributed by atoms with van der Waals surface area (Å²) in [6.45, 7) is 3.92. The Bertz CT molecular complexity index is 757. The topological polar surface area (TPSA) is 73.2 Å². The number of aromatic nitrogens is 1. The lowest BCUT2D eigenvalue weighted by Crippen LogP contribution is -2.52. The Morgan fingerprint density at radius 2 is 1.96 bits per heavy atom. The number of nitrogens with one attached hydrogen (secondary N) is 1. The first kappa shape index (κ1) is 17.8. The Labute approximate surface area is 153 Å². The summed E-state index contributed by atoms with van der Waals surface area (Å²) in [6.07, 6.45) is 1.72. The Balaban J connectivity index is 1.58. The van der Waals surface area contributed by atoms with E-state index >= 15 is 0 Å². The fraction of sp³-hybridized carbons (Fsp3) is 0.368. The van der Waals surface area contributed by atoms with Crippen molar-refractivity contribution < 1.29 is 9.84 Å².